The largest absolute Gasteiger partial charge is 0.375 e. The van der Waals surface area contributed by atoms with Crippen LogP contribution in [0.25, 0.3) is 0 Å². The minimum atomic E-state index is -0.000844. The predicted octanol–water partition coefficient (Wildman–Crippen LogP) is 1.47. The van der Waals surface area contributed by atoms with Gasteiger partial charge in [0.05, 0.1) is 19.1 Å². The third-order valence-electron chi connectivity index (χ3n) is 5.19. The summed E-state index contributed by atoms with van der Waals surface area (Å²) in [6.45, 7) is 6.96. The van der Waals surface area contributed by atoms with Crippen molar-refractivity contribution in [3.05, 3.63) is 35.9 Å². The summed E-state index contributed by atoms with van der Waals surface area (Å²) in [5.74, 6) is 0.663. The van der Waals surface area contributed by atoms with E-state index in [1.165, 1.54) is 5.56 Å². The second kappa shape index (κ2) is 8.10. The number of ether oxygens (including phenoxy) is 1. The number of carbonyl (C=O) groups excluding carboxylic acids is 1. The number of hydrogen-bond donors (Lipinski definition) is 1. The molecular formula is C19H29N3O2. The molecule has 2 heterocycles. The Morgan fingerprint density at radius 1 is 1.29 bits per heavy atom. The van der Waals surface area contributed by atoms with E-state index >= 15 is 0 Å². The second-order valence-electron chi connectivity index (χ2n) is 7.15. The molecule has 2 fully saturated rings. The van der Waals surface area contributed by atoms with Gasteiger partial charge in [0.2, 0.25) is 5.91 Å². The Hall–Kier alpha value is -1.43. The van der Waals surface area contributed by atoms with Gasteiger partial charge >= 0.3 is 0 Å². The van der Waals surface area contributed by atoms with Gasteiger partial charge in [-0.2, -0.15) is 0 Å². The molecule has 2 aliphatic heterocycles. The summed E-state index contributed by atoms with van der Waals surface area (Å²) in [5.41, 5.74) is 7.07. The number of amides is 1. The topological polar surface area (TPSA) is 58.8 Å². The van der Waals surface area contributed by atoms with E-state index in [4.69, 9.17) is 10.5 Å². The van der Waals surface area contributed by atoms with E-state index < -0.39 is 0 Å². The number of likely N-dealkylation sites (tertiary alicyclic amines) is 1. The number of nitrogens with two attached hydrogens (primary N) is 1. The number of morpholine rings is 1. The van der Waals surface area contributed by atoms with E-state index in [2.05, 4.69) is 36.1 Å². The Labute approximate surface area is 144 Å². The molecule has 3 unspecified atom stereocenters. The number of carbonyl (C=O) groups is 1. The maximum atomic E-state index is 12.6. The fourth-order valence-electron chi connectivity index (χ4n) is 3.86. The minimum Gasteiger partial charge on any atom is -0.375 e. The maximum Gasteiger partial charge on any atom is 0.225 e. The van der Waals surface area contributed by atoms with Crippen molar-refractivity contribution in [3.63, 3.8) is 0 Å². The molecule has 0 radical (unpaired) electrons. The lowest BCUT2D eigenvalue weighted by atomic mass is 10.1. The van der Waals surface area contributed by atoms with Crippen molar-refractivity contribution in [2.24, 2.45) is 11.7 Å². The van der Waals surface area contributed by atoms with Crippen LogP contribution in [0.3, 0.4) is 0 Å². The van der Waals surface area contributed by atoms with Crippen LogP contribution in [0.5, 0.6) is 0 Å². The summed E-state index contributed by atoms with van der Waals surface area (Å²) in [6.07, 6.45) is 1.50. The van der Waals surface area contributed by atoms with E-state index in [1.807, 2.05) is 11.0 Å². The molecule has 0 bridgehead atoms. The molecule has 0 saturated carbocycles. The molecular weight excluding hydrogens is 302 g/mol. The highest BCUT2D eigenvalue weighted by molar-refractivity contribution is 5.77. The van der Waals surface area contributed by atoms with Crippen LogP contribution in [0.1, 0.15) is 25.3 Å². The van der Waals surface area contributed by atoms with Gasteiger partial charge in [0.1, 0.15) is 0 Å². The zero-order valence-electron chi connectivity index (χ0n) is 14.6. The van der Waals surface area contributed by atoms with Crippen LogP contribution in [-0.2, 0) is 16.1 Å². The normalized spacial score (nSPS) is 28.2. The van der Waals surface area contributed by atoms with Gasteiger partial charge in [-0.1, -0.05) is 30.3 Å². The Kier molecular flexibility index (Phi) is 5.87. The Morgan fingerprint density at radius 3 is 2.79 bits per heavy atom. The third kappa shape index (κ3) is 4.35. The van der Waals surface area contributed by atoms with E-state index in [1.54, 1.807) is 0 Å². The average molecular weight is 331 g/mol. The predicted molar refractivity (Wildman–Crippen MR) is 94.4 cm³/mol. The van der Waals surface area contributed by atoms with Crippen LogP contribution in [0, 0.1) is 5.92 Å². The molecule has 1 aromatic carbocycles. The molecule has 0 aromatic heterocycles. The molecule has 3 rings (SSSR count). The van der Waals surface area contributed by atoms with Crippen molar-refractivity contribution >= 4 is 5.91 Å². The lowest BCUT2D eigenvalue weighted by molar-refractivity contribution is -0.137. The zero-order valence-corrected chi connectivity index (χ0v) is 14.6. The molecule has 5 heteroatoms. The molecule has 132 valence electrons. The first-order valence-corrected chi connectivity index (χ1v) is 9.03. The van der Waals surface area contributed by atoms with E-state index in [0.29, 0.717) is 31.5 Å². The minimum absolute atomic E-state index is 0.000844. The highest BCUT2D eigenvalue weighted by Gasteiger charge is 2.33. The number of rotatable bonds is 5. The zero-order chi connectivity index (χ0) is 16.9. The quantitative estimate of drug-likeness (QED) is 0.888. The lowest BCUT2D eigenvalue weighted by Gasteiger charge is -2.34. The van der Waals surface area contributed by atoms with Gasteiger partial charge in [0.15, 0.2) is 0 Å². The first-order valence-electron chi connectivity index (χ1n) is 9.03. The van der Waals surface area contributed by atoms with Crippen LogP contribution in [-0.4, -0.2) is 60.6 Å². The summed E-state index contributed by atoms with van der Waals surface area (Å²) >= 11 is 0. The summed E-state index contributed by atoms with van der Waals surface area (Å²) in [7, 11) is 0. The monoisotopic (exact) mass is 331 g/mol. The second-order valence-corrected chi connectivity index (χ2v) is 7.15. The first-order chi connectivity index (χ1) is 11.7. The van der Waals surface area contributed by atoms with Crippen molar-refractivity contribution in [2.45, 2.75) is 38.5 Å². The summed E-state index contributed by atoms with van der Waals surface area (Å²) in [5, 5.41) is 0. The number of benzene rings is 1. The van der Waals surface area contributed by atoms with Gasteiger partial charge in [-0.3, -0.25) is 9.69 Å². The standard InChI is InChI=1S/C19H29N3O2/c1-15-9-17(11-20)13-22(15)19(23)10-18-14-21(7-8-24-18)12-16-5-3-2-4-6-16/h2-6,15,17-18H,7-14,20H2,1H3. The van der Waals surface area contributed by atoms with Gasteiger partial charge in [0.25, 0.3) is 0 Å². The van der Waals surface area contributed by atoms with Gasteiger partial charge in [-0.25, -0.2) is 0 Å². The molecule has 1 amide bonds. The Morgan fingerprint density at radius 2 is 2.08 bits per heavy atom. The van der Waals surface area contributed by atoms with E-state index in [0.717, 1.165) is 32.6 Å². The molecule has 2 aliphatic rings. The van der Waals surface area contributed by atoms with Gasteiger partial charge in [-0.15, -0.1) is 0 Å². The third-order valence-corrected chi connectivity index (χ3v) is 5.19. The van der Waals surface area contributed by atoms with Crippen molar-refractivity contribution in [2.75, 3.05) is 32.8 Å². The van der Waals surface area contributed by atoms with Crippen LogP contribution >= 0.6 is 0 Å². The first kappa shape index (κ1) is 17.4. The van der Waals surface area contributed by atoms with Crippen LogP contribution in [0.2, 0.25) is 0 Å². The molecule has 0 aliphatic carbocycles. The van der Waals surface area contributed by atoms with E-state index in [-0.39, 0.29) is 12.0 Å². The van der Waals surface area contributed by atoms with Crippen molar-refractivity contribution in [3.8, 4) is 0 Å². The Bertz CT molecular complexity index is 537. The average Bonchev–Trinajstić information content (AvgIpc) is 2.97. The molecule has 2 saturated heterocycles. The smallest absolute Gasteiger partial charge is 0.225 e. The van der Waals surface area contributed by atoms with Crippen LogP contribution in [0.4, 0.5) is 0 Å². The molecule has 2 N–H and O–H groups in total. The summed E-state index contributed by atoms with van der Waals surface area (Å²) in [6, 6.07) is 10.8. The van der Waals surface area contributed by atoms with Crippen LogP contribution in [0.15, 0.2) is 30.3 Å². The molecule has 1 aromatic rings. The maximum absolute atomic E-state index is 12.6. The molecule has 3 atom stereocenters. The molecule has 5 nitrogen and oxygen atoms in total. The summed E-state index contributed by atoms with van der Waals surface area (Å²) < 4.78 is 5.85. The Balaban J connectivity index is 1.51. The number of hydrogen-bond acceptors (Lipinski definition) is 4. The van der Waals surface area contributed by atoms with Crippen molar-refractivity contribution < 1.29 is 9.53 Å². The van der Waals surface area contributed by atoms with Gasteiger partial charge in [-0.05, 0) is 31.4 Å². The van der Waals surface area contributed by atoms with Gasteiger partial charge in [0, 0.05) is 32.2 Å². The molecule has 0 spiro atoms. The van der Waals surface area contributed by atoms with Crippen LogP contribution < -0.4 is 5.73 Å². The SMILES string of the molecule is CC1CC(CN)CN1C(=O)CC1CN(Cc2ccccc2)CCO1. The number of nitrogens with zero attached hydrogens (tertiary/aromatic N) is 2. The van der Waals surface area contributed by atoms with E-state index in [9.17, 15) is 4.79 Å². The highest BCUT2D eigenvalue weighted by atomic mass is 16.5. The summed E-state index contributed by atoms with van der Waals surface area (Å²) in [4.78, 5) is 17.0. The van der Waals surface area contributed by atoms with Crippen molar-refractivity contribution in [1.29, 1.82) is 0 Å². The van der Waals surface area contributed by atoms with Crippen molar-refractivity contribution in [1.82, 2.24) is 9.80 Å². The highest BCUT2D eigenvalue weighted by Crippen LogP contribution is 2.24. The lowest BCUT2D eigenvalue weighted by Crippen LogP contribution is -2.45. The fourth-order valence-corrected chi connectivity index (χ4v) is 3.86. The van der Waals surface area contributed by atoms with Gasteiger partial charge < -0.3 is 15.4 Å². The molecule has 24 heavy (non-hydrogen) atoms. The fraction of sp³-hybridized carbons (Fsp3) is 0.632.